The van der Waals surface area contributed by atoms with Crippen LogP contribution in [0.1, 0.15) is 0 Å². The first-order valence-electron chi connectivity index (χ1n) is 20.8. The highest BCUT2D eigenvalue weighted by molar-refractivity contribution is 7.26. The Morgan fingerprint density at radius 3 is 1.63 bits per heavy atom. The van der Waals surface area contributed by atoms with Crippen molar-refractivity contribution >= 4 is 85.0 Å². The molecule has 0 fully saturated rings. The van der Waals surface area contributed by atoms with Gasteiger partial charge >= 0.3 is 0 Å². The fraction of sp³-hybridized carbons (Fsp3) is 0. The van der Waals surface area contributed by atoms with Crippen LogP contribution in [0.4, 0.5) is 0 Å². The number of hydrogen-bond donors (Lipinski definition) is 0. The Hall–Kier alpha value is -7.91. The molecule has 5 aromatic heterocycles. The zero-order chi connectivity index (χ0) is 41.4. The molecular weight excluding hydrogens is 809 g/mol. The van der Waals surface area contributed by atoms with Gasteiger partial charge in [-0.05, 0) is 42.5 Å². The summed E-state index contributed by atoms with van der Waals surface area (Å²) in [5.41, 5.74) is 10.0. The number of rotatable bonds is 6. The summed E-state index contributed by atoms with van der Waals surface area (Å²) in [6, 6.07) is 67.8. The molecule has 0 bridgehead atoms. The lowest BCUT2D eigenvalue weighted by molar-refractivity contribution is 1.08. The normalized spacial score (nSPS) is 11.8. The first kappa shape index (κ1) is 35.8. The van der Waals surface area contributed by atoms with Gasteiger partial charge in [0.15, 0.2) is 23.3 Å². The topological polar surface area (TPSA) is 69.4 Å². The van der Waals surface area contributed by atoms with Crippen LogP contribution in [0, 0.1) is 0 Å². The number of para-hydroxylation sites is 2. The van der Waals surface area contributed by atoms with Crippen LogP contribution < -0.4 is 0 Å². The lowest BCUT2D eigenvalue weighted by atomic mass is 10.0. The third-order valence-electron chi connectivity index (χ3n) is 11.9. The number of thiophene rings is 2. The Morgan fingerprint density at radius 2 is 0.905 bits per heavy atom. The number of nitrogens with zero attached hydrogens (tertiary/aromatic N) is 6. The van der Waals surface area contributed by atoms with Gasteiger partial charge in [-0.15, -0.1) is 22.7 Å². The van der Waals surface area contributed by atoms with Gasteiger partial charge in [0.05, 0.1) is 26.9 Å². The highest BCUT2D eigenvalue weighted by Crippen LogP contribution is 2.46. The van der Waals surface area contributed by atoms with E-state index in [1.165, 1.54) is 15.5 Å². The average molecular weight is 841 g/mol. The maximum Gasteiger partial charge on any atom is 0.164 e. The maximum atomic E-state index is 5.41. The van der Waals surface area contributed by atoms with Crippen LogP contribution in [0.3, 0.4) is 0 Å². The summed E-state index contributed by atoms with van der Waals surface area (Å²) in [6.45, 7) is 0. The molecule has 0 aliphatic heterocycles. The van der Waals surface area contributed by atoms with Crippen LogP contribution in [0.15, 0.2) is 194 Å². The van der Waals surface area contributed by atoms with Crippen molar-refractivity contribution in [3.63, 3.8) is 0 Å². The maximum absolute atomic E-state index is 5.41. The van der Waals surface area contributed by atoms with E-state index in [0.717, 1.165) is 86.0 Å². The van der Waals surface area contributed by atoms with Crippen LogP contribution in [-0.4, -0.2) is 29.5 Å². The third kappa shape index (κ3) is 5.80. The molecule has 13 aromatic rings. The van der Waals surface area contributed by atoms with Crippen LogP contribution in [0.25, 0.3) is 125 Å². The SMILES string of the molecule is c1ccc(-c2nc(-c3ccc4c5ccccc5n(-c5ccccc5)c4c3)nc(-c3cccc4sc5cccc(-c6nc(-c7ccccc7)c7sc8ccccc8c7n6)c5c34)n2)cc1. The van der Waals surface area contributed by atoms with Crippen molar-refractivity contribution in [2.24, 2.45) is 0 Å². The summed E-state index contributed by atoms with van der Waals surface area (Å²) < 4.78 is 6.89. The Balaban J connectivity index is 1.06. The fourth-order valence-corrected chi connectivity index (χ4v) is 11.4. The lowest BCUT2D eigenvalue weighted by Crippen LogP contribution is -2.01. The van der Waals surface area contributed by atoms with Gasteiger partial charge in [-0.25, -0.2) is 24.9 Å². The molecule has 0 amide bonds. The first-order chi connectivity index (χ1) is 31.2. The van der Waals surface area contributed by atoms with E-state index in [4.69, 9.17) is 24.9 Å². The van der Waals surface area contributed by atoms with Gasteiger partial charge in [0.25, 0.3) is 0 Å². The molecule has 13 rings (SSSR count). The molecule has 0 atom stereocenters. The molecule has 8 heteroatoms. The van der Waals surface area contributed by atoms with Crippen molar-refractivity contribution < 1.29 is 0 Å². The molecule has 0 saturated heterocycles. The van der Waals surface area contributed by atoms with Crippen LogP contribution in [-0.2, 0) is 0 Å². The highest BCUT2D eigenvalue weighted by atomic mass is 32.1. The summed E-state index contributed by atoms with van der Waals surface area (Å²) in [7, 11) is 0. The minimum Gasteiger partial charge on any atom is -0.309 e. The smallest absolute Gasteiger partial charge is 0.164 e. The molecule has 0 spiro atoms. The van der Waals surface area contributed by atoms with Crippen LogP contribution in [0.5, 0.6) is 0 Å². The molecule has 5 heterocycles. The van der Waals surface area contributed by atoms with Crippen molar-refractivity contribution in [3.8, 4) is 62.5 Å². The number of fused-ring (bicyclic) bond motifs is 9. The van der Waals surface area contributed by atoms with Crippen molar-refractivity contribution in [1.29, 1.82) is 0 Å². The van der Waals surface area contributed by atoms with Crippen molar-refractivity contribution in [3.05, 3.63) is 194 Å². The van der Waals surface area contributed by atoms with Gasteiger partial charge in [0, 0.05) is 74.5 Å². The molecular formula is C55H32N6S2. The Labute approximate surface area is 369 Å². The third-order valence-corrected chi connectivity index (χ3v) is 14.2. The minimum absolute atomic E-state index is 0.604. The van der Waals surface area contributed by atoms with Crippen LogP contribution >= 0.6 is 22.7 Å². The van der Waals surface area contributed by atoms with Gasteiger partial charge in [-0.3, -0.25) is 0 Å². The van der Waals surface area contributed by atoms with Gasteiger partial charge in [0.2, 0.25) is 0 Å². The fourth-order valence-electron chi connectivity index (χ4n) is 9.05. The van der Waals surface area contributed by atoms with Crippen LogP contribution in [0.2, 0.25) is 0 Å². The first-order valence-corrected chi connectivity index (χ1v) is 22.5. The summed E-state index contributed by atoms with van der Waals surface area (Å²) in [5.74, 6) is 2.51. The predicted octanol–water partition coefficient (Wildman–Crippen LogP) is 14.8. The monoisotopic (exact) mass is 840 g/mol. The number of hydrogen-bond acceptors (Lipinski definition) is 7. The zero-order valence-corrected chi connectivity index (χ0v) is 35.1. The molecule has 0 radical (unpaired) electrons. The quantitative estimate of drug-likeness (QED) is 0.167. The predicted molar refractivity (Wildman–Crippen MR) is 263 cm³/mol. The molecule has 8 aromatic carbocycles. The summed E-state index contributed by atoms with van der Waals surface area (Å²) in [4.78, 5) is 26.6. The minimum atomic E-state index is 0.604. The van der Waals surface area contributed by atoms with Crippen molar-refractivity contribution in [2.75, 3.05) is 0 Å². The number of benzene rings is 8. The Kier molecular flexibility index (Phi) is 8.15. The largest absolute Gasteiger partial charge is 0.309 e. The van der Waals surface area contributed by atoms with E-state index >= 15 is 0 Å². The molecule has 0 N–H and O–H groups in total. The molecule has 63 heavy (non-hydrogen) atoms. The standard InChI is InChI=1S/C55H32N6S2/c1-4-16-33(17-5-1)49-51-50(39-23-11-13-27-44(39)63-51)57-54(56-49)40-24-14-28-45-47(40)48-41(25-15-29-46(48)62-45)55-59-52(34-18-6-2-7-19-34)58-53(60-55)35-30-31-38-37-22-10-12-26-42(37)61(43(38)32-35)36-20-8-3-9-21-36/h1-32H. The van der Waals surface area contributed by atoms with Gasteiger partial charge in [-0.2, -0.15) is 0 Å². The van der Waals surface area contributed by atoms with Gasteiger partial charge in [-0.1, -0.05) is 152 Å². The van der Waals surface area contributed by atoms with E-state index in [1.54, 1.807) is 22.7 Å². The highest BCUT2D eigenvalue weighted by Gasteiger charge is 2.23. The summed E-state index contributed by atoms with van der Waals surface area (Å²) in [5, 5.41) is 5.66. The summed E-state index contributed by atoms with van der Waals surface area (Å²) in [6.07, 6.45) is 0. The van der Waals surface area contributed by atoms with E-state index in [1.807, 2.05) is 24.3 Å². The second-order valence-electron chi connectivity index (χ2n) is 15.6. The Bertz CT molecular complexity index is 3910. The molecule has 0 saturated carbocycles. The van der Waals surface area contributed by atoms with Crippen molar-refractivity contribution in [1.82, 2.24) is 29.5 Å². The van der Waals surface area contributed by atoms with E-state index < -0.39 is 0 Å². The zero-order valence-electron chi connectivity index (χ0n) is 33.5. The van der Waals surface area contributed by atoms with E-state index in [9.17, 15) is 0 Å². The molecule has 0 unspecified atom stereocenters. The van der Waals surface area contributed by atoms with E-state index in [0.29, 0.717) is 23.3 Å². The second kappa shape index (κ2) is 14.3. The molecule has 0 aliphatic carbocycles. The van der Waals surface area contributed by atoms with E-state index in [-0.39, 0.29) is 0 Å². The average Bonchev–Trinajstić information content (AvgIpc) is 4.04. The second-order valence-corrected chi connectivity index (χ2v) is 17.7. The summed E-state index contributed by atoms with van der Waals surface area (Å²) >= 11 is 3.51. The Morgan fingerprint density at radius 1 is 0.349 bits per heavy atom. The number of aromatic nitrogens is 6. The molecule has 294 valence electrons. The lowest BCUT2D eigenvalue weighted by Gasteiger charge is -2.12. The van der Waals surface area contributed by atoms with Gasteiger partial charge in [0.1, 0.15) is 0 Å². The van der Waals surface area contributed by atoms with Gasteiger partial charge < -0.3 is 4.57 Å². The van der Waals surface area contributed by atoms with E-state index in [2.05, 4.69) is 174 Å². The molecule has 0 aliphatic rings. The molecule has 6 nitrogen and oxygen atoms in total. The van der Waals surface area contributed by atoms with Crippen molar-refractivity contribution in [2.45, 2.75) is 0 Å².